The predicted molar refractivity (Wildman–Crippen MR) is 105 cm³/mol. The Morgan fingerprint density at radius 1 is 1.19 bits per heavy atom. The van der Waals surface area contributed by atoms with Gasteiger partial charge in [0.25, 0.3) is 0 Å². The highest BCUT2D eigenvalue weighted by molar-refractivity contribution is 5.87. The van der Waals surface area contributed by atoms with Crippen LogP contribution in [0.25, 0.3) is 0 Å². The fraction of sp³-hybridized carbons (Fsp3) is 0.636. The van der Waals surface area contributed by atoms with E-state index in [0.717, 1.165) is 18.4 Å². The number of hydrogen-bond donors (Lipinski definition) is 0. The number of rotatable bonds is 4. The highest BCUT2D eigenvalue weighted by Gasteiger charge is 2.28. The Hall–Kier alpha value is -1.84. The number of carbonyl (C=O) groups is 2. The molecule has 0 bridgehead atoms. The van der Waals surface area contributed by atoms with E-state index >= 15 is 0 Å². The molecular weight excluding hydrogens is 328 g/mol. The zero-order valence-electron chi connectivity index (χ0n) is 17.3. The average Bonchev–Trinajstić information content (AvgIpc) is 2.55. The maximum atomic E-state index is 12.2. The molecule has 1 rings (SSSR count). The quantitative estimate of drug-likeness (QED) is 0.394. The number of ether oxygens (including phenoxy) is 2. The van der Waals surface area contributed by atoms with Gasteiger partial charge in [-0.15, -0.1) is 0 Å². The second-order valence-corrected chi connectivity index (χ2v) is 7.58. The smallest absolute Gasteiger partial charge is 0.333 e. The third-order valence-corrected chi connectivity index (χ3v) is 5.07. The van der Waals surface area contributed by atoms with Crippen LogP contribution in [0.4, 0.5) is 0 Å². The highest BCUT2D eigenvalue weighted by Crippen LogP contribution is 2.30. The Bertz CT molecular complexity index is 595. The molecule has 146 valence electrons. The maximum Gasteiger partial charge on any atom is 0.333 e. The lowest BCUT2D eigenvalue weighted by atomic mass is 9.83. The summed E-state index contributed by atoms with van der Waals surface area (Å²) in [4.78, 5) is 23.9. The third-order valence-electron chi connectivity index (χ3n) is 5.07. The van der Waals surface area contributed by atoms with E-state index in [1.807, 2.05) is 19.9 Å². The molecule has 3 atom stereocenters. The normalized spacial score (nSPS) is 25.2. The van der Waals surface area contributed by atoms with Crippen molar-refractivity contribution in [3.8, 4) is 0 Å². The Morgan fingerprint density at radius 2 is 1.85 bits per heavy atom. The van der Waals surface area contributed by atoms with Gasteiger partial charge in [-0.1, -0.05) is 31.6 Å². The second kappa shape index (κ2) is 10.3. The van der Waals surface area contributed by atoms with E-state index in [0.29, 0.717) is 17.9 Å². The minimum atomic E-state index is -0.351. The molecular formula is C22H34O4. The van der Waals surface area contributed by atoms with Crippen molar-refractivity contribution in [2.75, 3.05) is 0 Å². The Kier molecular flexibility index (Phi) is 8.83. The van der Waals surface area contributed by atoms with Gasteiger partial charge in [0.05, 0.1) is 0 Å². The van der Waals surface area contributed by atoms with E-state index < -0.39 is 0 Å². The van der Waals surface area contributed by atoms with Gasteiger partial charge in [0.15, 0.2) is 0 Å². The zero-order chi connectivity index (χ0) is 19.9. The molecule has 0 radical (unpaired) electrons. The Morgan fingerprint density at radius 3 is 2.38 bits per heavy atom. The van der Waals surface area contributed by atoms with Gasteiger partial charge < -0.3 is 9.47 Å². The lowest BCUT2D eigenvalue weighted by Crippen LogP contribution is -2.30. The van der Waals surface area contributed by atoms with Crippen molar-refractivity contribution in [1.82, 2.24) is 0 Å². The molecule has 0 N–H and O–H groups in total. The van der Waals surface area contributed by atoms with Crippen molar-refractivity contribution in [1.29, 1.82) is 0 Å². The van der Waals surface area contributed by atoms with Gasteiger partial charge in [-0.3, -0.25) is 4.79 Å². The first kappa shape index (κ1) is 22.2. The van der Waals surface area contributed by atoms with Gasteiger partial charge in [0.2, 0.25) is 0 Å². The first-order valence-electron chi connectivity index (χ1n) is 9.50. The van der Waals surface area contributed by atoms with Gasteiger partial charge in [-0.2, -0.15) is 0 Å². The molecule has 0 aromatic carbocycles. The summed E-state index contributed by atoms with van der Waals surface area (Å²) in [5, 5.41) is 0. The summed E-state index contributed by atoms with van der Waals surface area (Å²) in [6.07, 6.45) is 7.77. The van der Waals surface area contributed by atoms with Gasteiger partial charge in [-0.05, 0) is 58.1 Å². The summed E-state index contributed by atoms with van der Waals surface area (Å²) >= 11 is 0. The number of hydrogen-bond acceptors (Lipinski definition) is 4. The largest absolute Gasteiger partial charge is 0.458 e. The first-order valence-corrected chi connectivity index (χ1v) is 9.50. The van der Waals surface area contributed by atoms with Crippen LogP contribution in [0.3, 0.4) is 0 Å². The molecule has 1 aliphatic rings. The fourth-order valence-electron chi connectivity index (χ4n) is 3.15. The Labute approximate surface area is 158 Å². The van der Waals surface area contributed by atoms with Crippen LogP contribution in [0.15, 0.2) is 34.9 Å². The van der Waals surface area contributed by atoms with Gasteiger partial charge in [0, 0.05) is 24.8 Å². The highest BCUT2D eigenvalue weighted by atomic mass is 16.5. The zero-order valence-corrected chi connectivity index (χ0v) is 17.3. The SMILES string of the molecule is CC=C(C)C(=O)OC1CC=C(C)CCC(C(C)C)C(OC(C)=O)C=C1C. The summed E-state index contributed by atoms with van der Waals surface area (Å²) < 4.78 is 11.4. The molecule has 0 amide bonds. The van der Waals surface area contributed by atoms with Crippen LogP contribution in [0.5, 0.6) is 0 Å². The molecule has 0 saturated carbocycles. The van der Waals surface area contributed by atoms with E-state index in [4.69, 9.17) is 9.47 Å². The van der Waals surface area contributed by atoms with E-state index in [2.05, 4.69) is 26.8 Å². The number of allylic oxidation sites excluding steroid dienone is 2. The lowest BCUT2D eigenvalue weighted by Gasteiger charge is -2.30. The summed E-state index contributed by atoms with van der Waals surface area (Å²) in [6, 6.07) is 0. The molecule has 26 heavy (non-hydrogen) atoms. The van der Waals surface area contributed by atoms with Crippen molar-refractivity contribution < 1.29 is 19.1 Å². The van der Waals surface area contributed by atoms with Crippen LogP contribution >= 0.6 is 0 Å². The topological polar surface area (TPSA) is 52.6 Å². The molecule has 0 aliphatic heterocycles. The third kappa shape index (κ3) is 6.81. The monoisotopic (exact) mass is 362 g/mol. The van der Waals surface area contributed by atoms with Crippen molar-refractivity contribution in [3.05, 3.63) is 34.9 Å². The number of carbonyl (C=O) groups excluding carboxylic acids is 2. The molecule has 0 spiro atoms. The van der Waals surface area contributed by atoms with E-state index in [1.54, 1.807) is 13.0 Å². The summed E-state index contributed by atoms with van der Waals surface area (Å²) in [7, 11) is 0. The van der Waals surface area contributed by atoms with Crippen molar-refractivity contribution in [3.63, 3.8) is 0 Å². The maximum absolute atomic E-state index is 12.2. The average molecular weight is 363 g/mol. The minimum Gasteiger partial charge on any atom is -0.458 e. The van der Waals surface area contributed by atoms with Crippen LogP contribution < -0.4 is 0 Å². The predicted octanol–water partition coefficient (Wildman–Crippen LogP) is 5.14. The molecule has 4 nitrogen and oxygen atoms in total. The molecule has 0 saturated heterocycles. The van der Waals surface area contributed by atoms with Crippen LogP contribution in [0.1, 0.15) is 67.7 Å². The fourth-order valence-corrected chi connectivity index (χ4v) is 3.15. The molecule has 0 fully saturated rings. The van der Waals surface area contributed by atoms with E-state index in [-0.39, 0.29) is 30.1 Å². The Balaban J connectivity index is 3.22. The van der Waals surface area contributed by atoms with E-state index in [1.165, 1.54) is 12.5 Å². The summed E-state index contributed by atoms with van der Waals surface area (Å²) in [5.74, 6) is 0.0101. The summed E-state index contributed by atoms with van der Waals surface area (Å²) in [5.41, 5.74) is 2.79. The van der Waals surface area contributed by atoms with Crippen LogP contribution in [-0.2, 0) is 19.1 Å². The molecule has 0 aromatic rings. The molecule has 3 unspecified atom stereocenters. The first-order chi connectivity index (χ1) is 12.1. The van der Waals surface area contributed by atoms with Crippen molar-refractivity contribution in [2.45, 2.75) is 79.9 Å². The molecule has 0 heterocycles. The van der Waals surface area contributed by atoms with Gasteiger partial charge in [-0.25, -0.2) is 4.79 Å². The van der Waals surface area contributed by atoms with Crippen molar-refractivity contribution in [2.24, 2.45) is 11.8 Å². The van der Waals surface area contributed by atoms with Crippen LogP contribution in [0.2, 0.25) is 0 Å². The van der Waals surface area contributed by atoms with Crippen molar-refractivity contribution >= 4 is 11.9 Å². The molecule has 1 aliphatic carbocycles. The second-order valence-electron chi connectivity index (χ2n) is 7.58. The molecule has 0 aromatic heterocycles. The van der Waals surface area contributed by atoms with Gasteiger partial charge in [0.1, 0.15) is 12.2 Å². The minimum absolute atomic E-state index is 0.226. The summed E-state index contributed by atoms with van der Waals surface area (Å²) in [6.45, 7) is 13.4. The molecule has 4 heteroatoms. The standard InChI is InChI=1S/C22H34O4/c1-8-16(5)22(24)26-20-12-10-15(4)9-11-19(14(2)3)21(13-17(20)6)25-18(7)23/h8,10,13-14,19-21H,9,11-12H2,1-7H3. The van der Waals surface area contributed by atoms with Gasteiger partial charge >= 0.3 is 11.9 Å². The lowest BCUT2D eigenvalue weighted by molar-refractivity contribution is -0.147. The van der Waals surface area contributed by atoms with E-state index in [9.17, 15) is 9.59 Å². The number of esters is 2. The van der Waals surface area contributed by atoms with Crippen LogP contribution in [0, 0.1) is 11.8 Å². The van der Waals surface area contributed by atoms with Crippen LogP contribution in [-0.4, -0.2) is 24.1 Å².